The molecule has 0 saturated carbocycles. The molecule has 0 aliphatic carbocycles. The summed E-state index contributed by atoms with van der Waals surface area (Å²) in [6.07, 6.45) is 6.03. The van der Waals surface area contributed by atoms with Gasteiger partial charge in [-0.05, 0) is 51.3 Å². The highest BCUT2D eigenvalue weighted by atomic mass is 19.1. The smallest absolute Gasteiger partial charge is 0.127 e. The van der Waals surface area contributed by atoms with Crippen LogP contribution < -0.4 is 5.32 Å². The first-order chi connectivity index (χ1) is 9.81. The van der Waals surface area contributed by atoms with Gasteiger partial charge in [0.05, 0.1) is 0 Å². The summed E-state index contributed by atoms with van der Waals surface area (Å²) in [7, 11) is 0. The molecule has 20 heavy (non-hydrogen) atoms. The lowest BCUT2D eigenvalue weighted by Gasteiger charge is -2.36. The molecule has 0 bridgehead atoms. The molecule has 2 heterocycles. The Morgan fingerprint density at radius 3 is 2.85 bits per heavy atom. The lowest BCUT2D eigenvalue weighted by Crippen LogP contribution is -2.45. The molecule has 1 aromatic rings. The molecule has 2 aliphatic heterocycles. The molecule has 2 nitrogen and oxygen atoms in total. The molecule has 3 heteroatoms. The maximum atomic E-state index is 14.1. The van der Waals surface area contributed by atoms with Crippen LogP contribution in [-0.2, 0) is 0 Å². The number of likely N-dealkylation sites (tertiary alicyclic amines) is 1. The van der Waals surface area contributed by atoms with Gasteiger partial charge < -0.3 is 5.32 Å². The van der Waals surface area contributed by atoms with Crippen LogP contribution in [0, 0.1) is 5.82 Å². The molecule has 3 unspecified atom stereocenters. The third-order valence-corrected chi connectivity index (χ3v) is 4.96. The Bertz CT molecular complexity index is 442. The number of rotatable bonds is 4. The number of nitrogens with zero attached hydrogens (tertiary/aromatic N) is 1. The van der Waals surface area contributed by atoms with Crippen molar-refractivity contribution in [3.8, 4) is 0 Å². The molecule has 0 spiro atoms. The molecule has 0 amide bonds. The van der Waals surface area contributed by atoms with Crippen molar-refractivity contribution in [2.24, 2.45) is 0 Å². The highest BCUT2D eigenvalue weighted by Gasteiger charge is 2.37. The van der Waals surface area contributed by atoms with Gasteiger partial charge in [0, 0.05) is 23.7 Å². The molecular formula is C17H25FN2. The van der Waals surface area contributed by atoms with E-state index in [0.29, 0.717) is 12.1 Å². The Morgan fingerprint density at radius 1 is 1.30 bits per heavy atom. The summed E-state index contributed by atoms with van der Waals surface area (Å²) in [5, 5.41) is 3.64. The first-order valence-corrected chi connectivity index (χ1v) is 8.05. The Labute approximate surface area is 121 Å². The minimum absolute atomic E-state index is 0.0515. The SMILES string of the molecule is CCC(c1ccccc1F)N1CCCC1C1CCCN1. The number of nitrogens with one attached hydrogen (secondary N) is 1. The zero-order chi connectivity index (χ0) is 13.9. The number of hydrogen-bond acceptors (Lipinski definition) is 2. The highest BCUT2D eigenvalue weighted by Crippen LogP contribution is 2.35. The molecule has 2 aliphatic rings. The van der Waals surface area contributed by atoms with Crippen LogP contribution in [-0.4, -0.2) is 30.1 Å². The summed E-state index contributed by atoms with van der Waals surface area (Å²) >= 11 is 0. The van der Waals surface area contributed by atoms with Crippen LogP contribution in [0.3, 0.4) is 0 Å². The van der Waals surface area contributed by atoms with Crippen molar-refractivity contribution in [3.05, 3.63) is 35.6 Å². The van der Waals surface area contributed by atoms with Crippen molar-refractivity contribution < 1.29 is 4.39 Å². The van der Waals surface area contributed by atoms with Gasteiger partial charge >= 0.3 is 0 Å². The van der Waals surface area contributed by atoms with E-state index in [-0.39, 0.29) is 11.9 Å². The molecule has 0 radical (unpaired) electrons. The van der Waals surface area contributed by atoms with Crippen molar-refractivity contribution in [2.75, 3.05) is 13.1 Å². The van der Waals surface area contributed by atoms with Gasteiger partial charge in [0.1, 0.15) is 5.82 Å². The van der Waals surface area contributed by atoms with Crippen LogP contribution in [0.1, 0.15) is 50.6 Å². The van der Waals surface area contributed by atoms with Gasteiger partial charge in [-0.25, -0.2) is 4.39 Å². The van der Waals surface area contributed by atoms with Crippen LogP contribution in [0.2, 0.25) is 0 Å². The zero-order valence-corrected chi connectivity index (χ0v) is 12.3. The lowest BCUT2D eigenvalue weighted by molar-refractivity contribution is 0.146. The van der Waals surface area contributed by atoms with Crippen molar-refractivity contribution in [3.63, 3.8) is 0 Å². The number of hydrogen-bond donors (Lipinski definition) is 1. The predicted molar refractivity (Wildman–Crippen MR) is 80.2 cm³/mol. The average Bonchev–Trinajstić information content (AvgIpc) is 3.11. The van der Waals surface area contributed by atoms with Crippen molar-refractivity contribution in [2.45, 2.75) is 57.2 Å². The quantitative estimate of drug-likeness (QED) is 0.905. The number of halogens is 1. The van der Waals surface area contributed by atoms with E-state index in [9.17, 15) is 4.39 Å². The largest absolute Gasteiger partial charge is 0.312 e. The van der Waals surface area contributed by atoms with E-state index >= 15 is 0 Å². The van der Waals surface area contributed by atoms with Gasteiger partial charge in [-0.3, -0.25) is 4.90 Å². The van der Waals surface area contributed by atoms with Crippen LogP contribution in [0.25, 0.3) is 0 Å². The maximum absolute atomic E-state index is 14.1. The summed E-state index contributed by atoms with van der Waals surface area (Å²) < 4.78 is 14.1. The normalized spacial score (nSPS) is 28.9. The van der Waals surface area contributed by atoms with Gasteiger partial charge in [0.25, 0.3) is 0 Å². The molecular weight excluding hydrogens is 251 g/mol. The van der Waals surface area contributed by atoms with Crippen LogP contribution in [0.15, 0.2) is 24.3 Å². The van der Waals surface area contributed by atoms with Gasteiger partial charge in [-0.2, -0.15) is 0 Å². The molecule has 3 atom stereocenters. The van der Waals surface area contributed by atoms with E-state index in [2.05, 4.69) is 17.1 Å². The minimum atomic E-state index is -0.0515. The molecule has 110 valence electrons. The van der Waals surface area contributed by atoms with Gasteiger partial charge in [0.2, 0.25) is 0 Å². The average molecular weight is 276 g/mol. The molecule has 3 rings (SSSR count). The van der Waals surface area contributed by atoms with Crippen LogP contribution in [0.5, 0.6) is 0 Å². The van der Waals surface area contributed by atoms with Crippen LogP contribution >= 0.6 is 0 Å². The fraction of sp³-hybridized carbons (Fsp3) is 0.647. The summed E-state index contributed by atoms with van der Waals surface area (Å²) in [6, 6.07) is 8.72. The molecule has 0 aromatic heterocycles. The summed E-state index contributed by atoms with van der Waals surface area (Å²) in [4.78, 5) is 2.56. The van der Waals surface area contributed by atoms with Crippen molar-refractivity contribution in [1.82, 2.24) is 10.2 Å². The topological polar surface area (TPSA) is 15.3 Å². The first-order valence-electron chi connectivity index (χ1n) is 8.05. The van der Waals surface area contributed by atoms with E-state index in [4.69, 9.17) is 0 Å². The standard InChI is InChI=1S/C17H25FN2/c1-2-16(13-7-3-4-8-14(13)18)20-12-6-10-17(20)15-9-5-11-19-15/h3-4,7-8,15-17,19H,2,5-6,9-12H2,1H3. The van der Waals surface area contributed by atoms with Crippen LogP contribution in [0.4, 0.5) is 4.39 Å². The summed E-state index contributed by atoms with van der Waals surface area (Å²) in [5.74, 6) is -0.0515. The Morgan fingerprint density at radius 2 is 2.15 bits per heavy atom. The highest BCUT2D eigenvalue weighted by molar-refractivity contribution is 5.22. The maximum Gasteiger partial charge on any atom is 0.127 e. The van der Waals surface area contributed by atoms with E-state index in [1.165, 1.54) is 25.7 Å². The number of benzene rings is 1. The zero-order valence-electron chi connectivity index (χ0n) is 12.3. The van der Waals surface area contributed by atoms with Crippen molar-refractivity contribution in [1.29, 1.82) is 0 Å². The van der Waals surface area contributed by atoms with Gasteiger partial charge in [-0.15, -0.1) is 0 Å². The van der Waals surface area contributed by atoms with Crippen molar-refractivity contribution >= 4 is 0 Å². The third-order valence-electron chi connectivity index (χ3n) is 4.96. The first kappa shape index (κ1) is 14.0. The molecule has 1 N–H and O–H groups in total. The molecule has 1 aromatic carbocycles. The predicted octanol–water partition coefficient (Wildman–Crippen LogP) is 3.49. The second-order valence-electron chi connectivity index (χ2n) is 6.10. The van der Waals surface area contributed by atoms with E-state index in [1.54, 1.807) is 12.1 Å². The van der Waals surface area contributed by atoms with E-state index in [1.807, 2.05) is 12.1 Å². The van der Waals surface area contributed by atoms with E-state index < -0.39 is 0 Å². The lowest BCUT2D eigenvalue weighted by atomic mass is 9.98. The Balaban J connectivity index is 1.82. The van der Waals surface area contributed by atoms with Gasteiger partial charge in [0.15, 0.2) is 0 Å². The monoisotopic (exact) mass is 276 g/mol. The second-order valence-corrected chi connectivity index (χ2v) is 6.10. The second kappa shape index (κ2) is 6.23. The van der Waals surface area contributed by atoms with E-state index in [0.717, 1.165) is 25.1 Å². The Kier molecular flexibility index (Phi) is 4.37. The fourth-order valence-electron chi connectivity index (χ4n) is 4.05. The van der Waals surface area contributed by atoms with Gasteiger partial charge in [-0.1, -0.05) is 25.1 Å². The third kappa shape index (κ3) is 2.61. The summed E-state index contributed by atoms with van der Waals surface area (Å²) in [5.41, 5.74) is 0.875. The Hall–Kier alpha value is -0.930. The summed E-state index contributed by atoms with van der Waals surface area (Å²) in [6.45, 7) is 4.43. The minimum Gasteiger partial charge on any atom is -0.312 e. The molecule has 2 fully saturated rings. The molecule has 2 saturated heterocycles. The fourth-order valence-corrected chi connectivity index (χ4v) is 4.05.